The zero-order valence-electron chi connectivity index (χ0n) is 18.4. The van der Waals surface area contributed by atoms with E-state index in [-0.39, 0.29) is 11.9 Å². The van der Waals surface area contributed by atoms with E-state index in [0.717, 1.165) is 55.4 Å². The van der Waals surface area contributed by atoms with Gasteiger partial charge < -0.3 is 14.8 Å². The lowest BCUT2D eigenvalue weighted by Gasteiger charge is -2.26. The van der Waals surface area contributed by atoms with E-state index < -0.39 is 0 Å². The molecular formula is C26H29N3O3. The highest BCUT2D eigenvalue weighted by molar-refractivity contribution is 5.94. The molecule has 1 saturated heterocycles. The molecule has 0 aliphatic carbocycles. The maximum Gasteiger partial charge on any atom is 0.251 e. The van der Waals surface area contributed by atoms with Gasteiger partial charge in [-0.1, -0.05) is 30.3 Å². The average Bonchev–Trinajstić information content (AvgIpc) is 2.84. The second kappa shape index (κ2) is 10.9. The number of aromatic nitrogens is 1. The van der Waals surface area contributed by atoms with Crippen molar-refractivity contribution in [3.63, 3.8) is 0 Å². The molecule has 1 unspecified atom stereocenters. The molecule has 1 atom stereocenters. The van der Waals surface area contributed by atoms with Crippen molar-refractivity contribution in [1.82, 2.24) is 15.2 Å². The predicted octanol–water partition coefficient (Wildman–Crippen LogP) is 3.98. The topological polar surface area (TPSA) is 63.7 Å². The van der Waals surface area contributed by atoms with Crippen molar-refractivity contribution >= 4 is 5.91 Å². The number of hydrogen-bond donors (Lipinski definition) is 1. The number of morpholine rings is 1. The maximum atomic E-state index is 12.9. The molecule has 1 fully saturated rings. The van der Waals surface area contributed by atoms with Gasteiger partial charge in [-0.15, -0.1) is 0 Å². The number of nitrogens with one attached hydrogen (secondary N) is 1. The van der Waals surface area contributed by atoms with Gasteiger partial charge in [-0.3, -0.25) is 14.7 Å². The highest BCUT2D eigenvalue weighted by atomic mass is 16.5. The number of hydrogen-bond acceptors (Lipinski definition) is 5. The third-order valence-corrected chi connectivity index (χ3v) is 5.52. The Labute approximate surface area is 189 Å². The monoisotopic (exact) mass is 431 g/mol. The number of carbonyl (C=O) groups is 1. The summed E-state index contributed by atoms with van der Waals surface area (Å²) in [5, 5.41) is 3.10. The van der Waals surface area contributed by atoms with E-state index in [1.165, 1.54) is 0 Å². The van der Waals surface area contributed by atoms with E-state index in [2.05, 4.69) is 21.3 Å². The Hall–Kier alpha value is -3.22. The maximum absolute atomic E-state index is 12.9. The van der Waals surface area contributed by atoms with Gasteiger partial charge in [0, 0.05) is 31.4 Å². The summed E-state index contributed by atoms with van der Waals surface area (Å²) in [5.74, 6) is 0.669. The van der Waals surface area contributed by atoms with E-state index in [9.17, 15) is 4.79 Å². The Morgan fingerprint density at radius 3 is 2.75 bits per heavy atom. The van der Waals surface area contributed by atoms with E-state index in [1.54, 1.807) is 6.20 Å². The minimum Gasteiger partial charge on any atom is -0.487 e. The van der Waals surface area contributed by atoms with E-state index in [4.69, 9.17) is 9.47 Å². The largest absolute Gasteiger partial charge is 0.487 e. The fourth-order valence-electron chi connectivity index (χ4n) is 3.71. The third-order valence-electron chi connectivity index (χ3n) is 5.52. The Balaban J connectivity index is 1.35. The first-order valence-electron chi connectivity index (χ1n) is 11.0. The standard InChI is InChI=1S/C26H29N3O3/c1-20(22-7-5-10-25(17-22)32-19-24-9-2-3-11-27-24)28-26(30)23-8-4-6-21(16-23)18-29-12-14-31-15-13-29/h2-11,16-17,20H,12-15,18-19H2,1H3,(H,28,30). The van der Waals surface area contributed by atoms with E-state index in [1.807, 2.05) is 67.6 Å². The highest BCUT2D eigenvalue weighted by Gasteiger charge is 2.15. The highest BCUT2D eigenvalue weighted by Crippen LogP contribution is 2.21. The van der Waals surface area contributed by atoms with Crippen LogP contribution in [0.1, 0.15) is 40.1 Å². The van der Waals surface area contributed by atoms with Crippen molar-refractivity contribution < 1.29 is 14.3 Å². The number of carbonyl (C=O) groups excluding carboxylic acids is 1. The van der Waals surface area contributed by atoms with Crippen molar-refractivity contribution in [3.05, 3.63) is 95.3 Å². The lowest BCUT2D eigenvalue weighted by molar-refractivity contribution is 0.0342. The lowest BCUT2D eigenvalue weighted by atomic mass is 10.1. The molecule has 1 aliphatic heterocycles. The molecule has 1 amide bonds. The number of pyridine rings is 1. The minimum absolute atomic E-state index is 0.0823. The summed E-state index contributed by atoms with van der Waals surface area (Å²) >= 11 is 0. The summed E-state index contributed by atoms with van der Waals surface area (Å²) < 4.78 is 11.3. The van der Waals surface area contributed by atoms with Gasteiger partial charge in [0.1, 0.15) is 12.4 Å². The van der Waals surface area contributed by atoms with Crippen LogP contribution in [0.3, 0.4) is 0 Å². The average molecular weight is 432 g/mol. The van der Waals surface area contributed by atoms with Crippen LogP contribution in [0.25, 0.3) is 0 Å². The van der Waals surface area contributed by atoms with Gasteiger partial charge >= 0.3 is 0 Å². The number of nitrogens with zero attached hydrogens (tertiary/aromatic N) is 2. The van der Waals surface area contributed by atoms with Gasteiger partial charge in [-0.25, -0.2) is 0 Å². The van der Waals surface area contributed by atoms with Gasteiger partial charge in [0.25, 0.3) is 5.91 Å². The Morgan fingerprint density at radius 2 is 1.94 bits per heavy atom. The molecule has 2 aromatic carbocycles. The predicted molar refractivity (Wildman–Crippen MR) is 123 cm³/mol. The van der Waals surface area contributed by atoms with Gasteiger partial charge in [0.15, 0.2) is 0 Å². The first kappa shape index (κ1) is 22.0. The molecule has 3 aromatic rings. The van der Waals surface area contributed by atoms with Crippen molar-refractivity contribution in [2.24, 2.45) is 0 Å². The zero-order chi connectivity index (χ0) is 22.2. The van der Waals surface area contributed by atoms with Crippen LogP contribution in [-0.2, 0) is 17.9 Å². The zero-order valence-corrected chi connectivity index (χ0v) is 18.4. The molecule has 0 spiro atoms. The normalized spacial score (nSPS) is 15.2. The van der Waals surface area contributed by atoms with E-state index >= 15 is 0 Å². The summed E-state index contributed by atoms with van der Waals surface area (Å²) in [6.45, 7) is 6.59. The van der Waals surface area contributed by atoms with Gasteiger partial charge in [0.05, 0.1) is 24.9 Å². The van der Waals surface area contributed by atoms with Crippen molar-refractivity contribution in [2.75, 3.05) is 26.3 Å². The lowest BCUT2D eigenvalue weighted by Crippen LogP contribution is -2.35. The number of amides is 1. The number of benzene rings is 2. The fraction of sp³-hybridized carbons (Fsp3) is 0.308. The Bertz CT molecular complexity index is 1020. The van der Waals surface area contributed by atoms with Crippen LogP contribution in [0.15, 0.2) is 72.9 Å². The third kappa shape index (κ3) is 6.15. The second-order valence-electron chi connectivity index (χ2n) is 7.97. The molecule has 0 bridgehead atoms. The van der Waals surface area contributed by atoms with Crippen LogP contribution >= 0.6 is 0 Å². The molecule has 2 heterocycles. The molecule has 0 radical (unpaired) electrons. The molecule has 4 rings (SSSR count). The first-order valence-corrected chi connectivity index (χ1v) is 11.0. The molecule has 1 aromatic heterocycles. The smallest absolute Gasteiger partial charge is 0.251 e. The number of rotatable bonds is 8. The molecule has 166 valence electrons. The second-order valence-corrected chi connectivity index (χ2v) is 7.97. The van der Waals surface area contributed by atoms with E-state index in [0.29, 0.717) is 12.2 Å². The molecule has 6 heteroatoms. The number of ether oxygens (including phenoxy) is 2. The Kier molecular flexibility index (Phi) is 7.48. The SMILES string of the molecule is CC(NC(=O)c1cccc(CN2CCOCC2)c1)c1cccc(OCc2ccccn2)c1. The van der Waals surface area contributed by atoms with Crippen LogP contribution in [0, 0.1) is 0 Å². The summed E-state index contributed by atoms with van der Waals surface area (Å²) in [6.07, 6.45) is 1.75. The molecule has 1 N–H and O–H groups in total. The van der Waals surface area contributed by atoms with Crippen LogP contribution in [0.2, 0.25) is 0 Å². The van der Waals surface area contributed by atoms with Crippen LogP contribution in [0.4, 0.5) is 0 Å². The van der Waals surface area contributed by atoms with Gasteiger partial charge in [0.2, 0.25) is 0 Å². The minimum atomic E-state index is -0.149. The van der Waals surface area contributed by atoms with Crippen molar-refractivity contribution in [1.29, 1.82) is 0 Å². The van der Waals surface area contributed by atoms with Crippen LogP contribution in [0.5, 0.6) is 5.75 Å². The molecule has 0 saturated carbocycles. The van der Waals surface area contributed by atoms with Crippen LogP contribution in [-0.4, -0.2) is 42.1 Å². The quantitative estimate of drug-likeness (QED) is 0.584. The molecule has 6 nitrogen and oxygen atoms in total. The molecule has 32 heavy (non-hydrogen) atoms. The summed E-state index contributed by atoms with van der Waals surface area (Å²) in [5.41, 5.74) is 3.67. The molecular weight excluding hydrogens is 402 g/mol. The fourth-order valence-corrected chi connectivity index (χ4v) is 3.71. The van der Waals surface area contributed by atoms with Gasteiger partial charge in [-0.2, -0.15) is 0 Å². The van der Waals surface area contributed by atoms with Crippen LogP contribution < -0.4 is 10.1 Å². The summed E-state index contributed by atoms with van der Waals surface area (Å²) in [7, 11) is 0. The molecule has 1 aliphatic rings. The van der Waals surface area contributed by atoms with Crippen molar-refractivity contribution in [2.45, 2.75) is 26.1 Å². The Morgan fingerprint density at radius 1 is 1.09 bits per heavy atom. The van der Waals surface area contributed by atoms with Crippen molar-refractivity contribution in [3.8, 4) is 5.75 Å². The summed E-state index contributed by atoms with van der Waals surface area (Å²) in [4.78, 5) is 19.5. The summed E-state index contributed by atoms with van der Waals surface area (Å²) in [6, 6.07) is 21.3. The first-order chi connectivity index (χ1) is 15.7. The van der Waals surface area contributed by atoms with Gasteiger partial charge in [-0.05, 0) is 54.4 Å².